The first-order chi connectivity index (χ1) is 16.3. The minimum absolute atomic E-state index is 0.0641. The summed E-state index contributed by atoms with van der Waals surface area (Å²) in [5, 5.41) is 19.9. The highest BCUT2D eigenvalue weighted by molar-refractivity contribution is 6.33. The molecule has 0 aliphatic carbocycles. The Morgan fingerprint density at radius 2 is 1.97 bits per heavy atom. The Balaban J connectivity index is 1.53. The van der Waals surface area contributed by atoms with E-state index in [1.165, 1.54) is 24.5 Å². The fourth-order valence-corrected chi connectivity index (χ4v) is 3.62. The van der Waals surface area contributed by atoms with E-state index in [2.05, 4.69) is 41.0 Å². The molecule has 1 aromatic carbocycles. The van der Waals surface area contributed by atoms with E-state index in [1.54, 1.807) is 24.3 Å². The van der Waals surface area contributed by atoms with Crippen molar-refractivity contribution in [2.24, 2.45) is 0 Å². The number of aromatic amines is 1. The largest absolute Gasteiger partial charge is 0.434 e. The minimum atomic E-state index is -4.88. The number of hydrogen-bond acceptors (Lipinski definition) is 7. The van der Waals surface area contributed by atoms with Crippen LogP contribution < -0.4 is 5.32 Å². The molecule has 0 spiro atoms. The van der Waals surface area contributed by atoms with Gasteiger partial charge in [0.15, 0.2) is 5.69 Å². The Morgan fingerprint density at radius 3 is 2.71 bits per heavy atom. The maximum Gasteiger partial charge on any atom is 0.434 e. The SMILES string of the molecule is O=C(Nc1cnc(-c2nn[nH]n2)c(Cl)c1)c1cnn(-c2cccc3ncccc23)c1C(F)(F)F. The van der Waals surface area contributed by atoms with Crippen LogP contribution in [0.4, 0.5) is 18.9 Å². The van der Waals surface area contributed by atoms with Crippen LogP contribution in [0.3, 0.4) is 0 Å². The molecule has 0 saturated heterocycles. The summed E-state index contributed by atoms with van der Waals surface area (Å²) in [6.07, 6.45) is -1.28. The number of amides is 1. The normalized spacial score (nSPS) is 11.6. The van der Waals surface area contributed by atoms with Crippen molar-refractivity contribution < 1.29 is 18.0 Å². The second kappa shape index (κ2) is 8.19. The molecular weight excluding hydrogens is 475 g/mol. The Labute approximate surface area is 192 Å². The number of fused-ring (bicyclic) bond motifs is 1. The van der Waals surface area contributed by atoms with Crippen LogP contribution in [-0.4, -0.2) is 46.3 Å². The van der Waals surface area contributed by atoms with Crippen molar-refractivity contribution in [1.82, 2.24) is 40.4 Å². The van der Waals surface area contributed by atoms with Gasteiger partial charge in [0.25, 0.3) is 5.91 Å². The molecule has 2 N–H and O–H groups in total. The molecule has 10 nitrogen and oxygen atoms in total. The molecule has 5 rings (SSSR count). The predicted molar refractivity (Wildman–Crippen MR) is 114 cm³/mol. The maximum absolute atomic E-state index is 14.1. The van der Waals surface area contributed by atoms with Gasteiger partial charge in [-0.15, -0.1) is 10.2 Å². The van der Waals surface area contributed by atoms with Crippen molar-refractivity contribution in [3.8, 4) is 17.2 Å². The molecule has 34 heavy (non-hydrogen) atoms. The maximum atomic E-state index is 14.1. The summed E-state index contributed by atoms with van der Waals surface area (Å²) in [6.45, 7) is 0. The number of benzene rings is 1. The molecule has 0 aliphatic rings. The summed E-state index contributed by atoms with van der Waals surface area (Å²) >= 11 is 6.16. The van der Waals surface area contributed by atoms with Crippen molar-refractivity contribution in [3.63, 3.8) is 0 Å². The Morgan fingerprint density at radius 1 is 1.12 bits per heavy atom. The number of nitrogens with one attached hydrogen (secondary N) is 2. The first-order valence-corrected chi connectivity index (χ1v) is 9.91. The van der Waals surface area contributed by atoms with Gasteiger partial charge in [0, 0.05) is 11.6 Å². The molecule has 0 bridgehead atoms. The Bertz CT molecular complexity index is 1510. The molecule has 0 fully saturated rings. The third kappa shape index (κ3) is 3.81. The number of halogens is 4. The summed E-state index contributed by atoms with van der Waals surface area (Å²) < 4.78 is 42.9. The third-order valence-electron chi connectivity index (χ3n) is 4.79. The Hall–Kier alpha value is -4.39. The number of rotatable bonds is 4. The number of alkyl halides is 3. The molecule has 0 aliphatic heterocycles. The lowest BCUT2D eigenvalue weighted by Gasteiger charge is -2.14. The molecule has 0 radical (unpaired) electrons. The van der Waals surface area contributed by atoms with Gasteiger partial charge in [-0.3, -0.25) is 9.78 Å². The highest BCUT2D eigenvalue weighted by Crippen LogP contribution is 2.35. The topological polar surface area (TPSA) is 127 Å². The van der Waals surface area contributed by atoms with E-state index in [9.17, 15) is 18.0 Å². The number of tetrazole rings is 1. The lowest BCUT2D eigenvalue weighted by Crippen LogP contribution is -2.21. The van der Waals surface area contributed by atoms with E-state index in [0.717, 1.165) is 6.20 Å². The number of hydrogen-bond donors (Lipinski definition) is 2. The van der Waals surface area contributed by atoms with Crippen molar-refractivity contribution in [3.05, 3.63) is 71.3 Å². The van der Waals surface area contributed by atoms with E-state index < -0.39 is 23.3 Å². The van der Waals surface area contributed by atoms with Crippen LogP contribution in [0.1, 0.15) is 16.1 Å². The molecule has 0 unspecified atom stereocenters. The summed E-state index contributed by atoms with van der Waals surface area (Å²) in [7, 11) is 0. The number of carbonyl (C=O) groups excluding carboxylic acids is 1. The number of anilines is 1. The number of carbonyl (C=O) groups is 1. The van der Waals surface area contributed by atoms with Gasteiger partial charge >= 0.3 is 6.18 Å². The zero-order valence-corrected chi connectivity index (χ0v) is 17.5. The van der Waals surface area contributed by atoms with Crippen LogP contribution in [-0.2, 0) is 6.18 Å². The number of aromatic nitrogens is 8. The molecule has 5 aromatic rings. The van der Waals surface area contributed by atoms with Gasteiger partial charge in [-0.1, -0.05) is 17.7 Å². The van der Waals surface area contributed by atoms with Gasteiger partial charge < -0.3 is 5.32 Å². The average molecular weight is 486 g/mol. The van der Waals surface area contributed by atoms with Crippen molar-refractivity contribution in [2.45, 2.75) is 6.18 Å². The van der Waals surface area contributed by atoms with Crippen LogP contribution in [0.15, 0.2) is 55.0 Å². The lowest BCUT2D eigenvalue weighted by molar-refractivity contribution is -0.143. The number of pyridine rings is 2. The lowest BCUT2D eigenvalue weighted by atomic mass is 10.1. The third-order valence-corrected chi connectivity index (χ3v) is 5.08. The average Bonchev–Trinajstić information content (AvgIpc) is 3.49. The molecule has 4 aromatic heterocycles. The molecule has 0 saturated carbocycles. The van der Waals surface area contributed by atoms with Crippen LogP contribution >= 0.6 is 11.6 Å². The Kier molecular flexibility index (Phi) is 5.17. The highest BCUT2D eigenvalue weighted by atomic mass is 35.5. The zero-order valence-electron chi connectivity index (χ0n) is 16.7. The van der Waals surface area contributed by atoms with Crippen LogP contribution in [0.5, 0.6) is 0 Å². The van der Waals surface area contributed by atoms with Gasteiger partial charge in [-0.05, 0) is 35.5 Å². The summed E-state index contributed by atoms with van der Waals surface area (Å²) in [4.78, 5) is 21.0. The summed E-state index contributed by atoms with van der Waals surface area (Å²) in [6, 6.07) is 9.23. The van der Waals surface area contributed by atoms with Crippen molar-refractivity contribution in [1.29, 1.82) is 0 Å². The van der Waals surface area contributed by atoms with E-state index in [1.807, 2.05) is 0 Å². The van der Waals surface area contributed by atoms with Gasteiger partial charge in [0.05, 0.1) is 39.9 Å². The van der Waals surface area contributed by atoms with Crippen molar-refractivity contribution in [2.75, 3.05) is 5.32 Å². The second-order valence-corrected chi connectivity index (χ2v) is 7.31. The summed E-state index contributed by atoms with van der Waals surface area (Å²) in [5.74, 6) is -0.921. The zero-order chi connectivity index (χ0) is 23.9. The molecule has 4 heterocycles. The van der Waals surface area contributed by atoms with Gasteiger partial charge in [0.1, 0.15) is 5.69 Å². The minimum Gasteiger partial charge on any atom is -0.320 e. The van der Waals surface area contributed by atoms with E-state index in [4.69, 9.17) is 11.6 Å². The van der Waals surface area contributed by atoms with Crippen molar-refractivity contribution >= 4 is 34.1 Å². The molecule has 1 amide bonds. The van der Waals surface area contributed by atoms with E-state index in [0.29, 0.717) is 15.6 Å². The van der Waals surface area contributed by atoms with Gasteiger partial charge in [-0.25, -0.2) is 9.67 Å². The predicted octanol–water partition coefficient (Wildman–Crippen LogP) is 3.92. The fraction of sp³-hybridized carbons (Fsp3) is 0.0500. The van der Waals surface area contributed by atoms with Crippen LogP contribution in [0, 0.1) is 0 Å². The molecule has 170 valence electrons. The van der Waals surface area contributed by atoms with E-state index >= 15 is 0 Å². The molecule has 0 atom stereocenters. The quantitative estimate of drug-likeness (QED) is 0.395. The van der Waals surface area contributed by atoms with E-state index in [-0.39, 0.29) is 27.9 Å². The fourth-order valence-electron chi connectivity index (χ4n) is 3.37. The monoisotopic (exact) mass is 485 g/mol. The molecular formula is C20H11ClF3N9O. The second-order valence-electron chi connectivity index (χ2n) is 6.91. The number of H-pyrrole nitrogens is 1. The smallest absolute Gasteiger partial charge is 0.320 e. The number of nitrogens with zero attached hydrogens (tertiary/aromatic N) is 7. The first kappa shape index (κ1) is 21.5. The van der Waals surface area contributed by atoms with Crippen LogP contribution in [0.2, 0.25) is 5.02 Å². The van der Waals surface area contributed by atoms with Crippen LogP contribution in [0.25, 0.3) is 28.1 Å². The highest BCUT2D eigenvalue weighted by Gasteiger charge is 2.41. The van der Waals surface area contributed by atoms with Gasteiger partial charge in [0.2, 0.25) is 5.82 Å². The summed E-state index contributed by atoms with van der Waals surface area (Å²) in [5.41, 5.74) is -1.04. The molecule has 14 heteroatoms. The first-order valence-electron chi connectivity index (χ1n) is 9.53. The van der Waals surface area contributed by atoms with Gasteiger partial charge in [-0.2, -0.15) is 23.5 Å². The standard InChI is InChI=1S/C20H11ClF3N9O/c21-13-7-10(8-26-16(13)18-29-31-32-30-18)28-19(34)12-9-27-33(17(12)20(22,23)24)15-5-1-4-14-11(15)3-2-6-25-14/h1-9H,(H,28,34)(H,29,30,31,32).